The lowest BCUT2D eigenvalue weighted by Gasteiger charge is -2.28. The third-order valence-electron chi connectivity index (χ3n) is 7.98. The number of imidazole rings is 1. The molecule has 0 aliphatic carbocycles. The number of rotatable bonds is 8. The average Bonchev–Trinajstić information content (AvgIpc) is 3.76. The maximum atomic E-state index is 14.1. The Morgan fingerprint density at radius 2 is 1.75 bits per heavy atom. The summed E-state index contributed by atoms with van der Waals surface area (Å²) in [6.07, 6.45) is 4.63. The Balaban J connectivity index is 1.26. The normalized spacial score (nSPS) is 19.2. The number of aromatic nitrogens is 2. The third kappa shape index (κ3) is 5.66. The first-order valence-electron chi connectivity index (χ1n) is 13.8. The number of carbonyl (C=O) groups is 2. The van der Waals surface area contributed by atoms with Gasteiger partial charge in [-0.2, -0.15) is 0 Å². The number of carbonyl (C=O) groups excluding carboxylic acids is 2. The number of anilines is 1. The van der Waals surface area contributed by atoms with Crippen LogP contribution in [0.15, 0.2) is 54.7 Å². The fourth-order valence-electron chi connectivity index (χ4n) is 5.73. The zero-order valence-electron chi connectivity index (χ0n) is 22.8. The number of nitrogens with one attached hydrogen (secondary N) is 2. The Hall–Kier alpha value is -3.95. The largest absolute Gasteiger partial charge is 0.453 e. The van der Waals surface area contributed by atoms with E-state index in [2.05, 4.69) is 49.2 Å². The van der Waals surface area contributed by atoms with Gasteiger partial charge in [0.25, 0.3) is 5.92 Å². The lowest BCUT2D eigenvalue weighted by molar-refractivity contribution is -0.131. The molecule has 3 aromatic rings. The summed E-state index contributed by atoms with van der Waals surface area (Å²) in [4.78, 5) is 36.0. The van der Waals surface area contributed by atoms with Gasteiger partial charge in [-0.15, -0.1) is 0 Å². The van der Waals surface area contributed by atoms with Crippen LogP contribution < -0.4 is 10.2 Å². The second-order valence-corrected chi connectivity index (χ2v) is 10.4. The summed E-state index contributed by atoms with van der Waals surface area (Å²) in [5.74, 6) is -2.26. The van der Waals surface area contributed by atoms with Crippen LogP contribution in [0.3, 0.4) is 0 Å². The molecule has 2 aromatic carbocycles. The van der Waals surface area contributed by atoms with Gasteiger partial charge in [-0.05, 0) is 48.9 Å². The van der Waals surface area contributed by atoms with Crippen molar-refractivity contribution in [2.75, 3.05) is 31.6 Å². The lowest BCUT2D eigenvalue weighted by Crippen LogP contribution is -2.40. The number of amides is 2. The van der Waals surface area contributed by atoms with Crippen LogP contribution in [-0.2, 0) is 15.5 Å². The number of ether oxygens (including phenoxy) is 1. The van der Waals surface area contributed by atoms with Crippen molar-refractivity contribution in [1.82, 2.24) is 20.2 Å². The Bertz CT molecular complexity index is 1330. The van der Waals surface area contributed by atoms with Crippen LogP contribution in [0, 0.1) is 0 Å². The molecule has 0 spiro atoms. The number of alkyl carbamates (subject to hydrolysis) is 1. The molecule has 2 aliphatic rings. The van der Waals surface area contributed by atoms with E-state index in [9.17, 15) is 18.4 Å². The highest BCUT2D eigenvalue weighted by Gasteiger charge is 2.33. The molecule has 2 aliphatic heterocycles. The third-order valence-corrected chi connectivity index (χ3v) is 7.98. The molecule has 1 aromatic heterocycles. The van der Waals surface area contributed by atoms with Crippen molar-refractivity contribution < 1.29 is 23.1 Å². The van der Waals surface area contributed by atoms with Gasteiger partial charge in [0, 0.05) is 30.8 Å². The fraction of sp³-hybridized carbons (Fsp3) is 0.433. The van der Waals surface area contributed by atoms with E-state index >= 15 is 0 Å². The Morgan fingerprint density at radius 1 is 1.05 bits per heavy atom. The van der Waals surface area contributed by atoms with Crippen LogP contribution >= 0.6 is 0 Å². The molecule has 40 heavy (non-hydrogen) atoms. The van der Waals surface area contributed by atoms with E-state index in [0.29, 0.717) is 6.54 Å². The van der Waals surface area contributed by atoms with Gasteiger partial charge in [-0.1, -0.05) is 43.3 Å². The molecule has 2 fully saturated rings. The summed E-state index contributed by atoms with van der Waals surface area (Å²) in [6, 6.07) is 15.1. The van der Waals surface area contributed by atoms with E-state index in [4.69, 9.17) is 0 Å². The van der Waals surface area contributed by atoms with Crippen molar-refractivity contribution >= 4 is 17.7 Å². The van der Waals surface area contributed by atoms with Gasteiger partial charge in [0.15, 0.2) is 0 Å². The number of halogens is 2. The first-order valence-corrected chi connectivity index (χ1v) is 13.8. The minimum Gasteiger partial charge on any atom is -0.453 e. The molecule has 8 nitrogen and oxygen atoms in total. The molecule has 0 unspecified atom stereocenters. The smallest absolute Gasteiger partial charge is 0.407 e. The first-order chi connectivity index (χ1) is 19.3. The van der Waals surface area contributed by atoms with Gasteiger partial charge in [0.2, 0.25) is 5.91 Å². The summed E-state index contributed by atoms with van der Waals surface area (Å²) in [6.45, 7) is 2.87. The van der Waals surface area contributed by atoms with Crippen molar-refractivity contribution in [3.8, 4) is 11.3 Å². The molecule has 0 radical (unpaired) electrons. The standard InChI is InChI=1S/C30H35F2N5O3/c1-3-30(31,32)22-12-14-23(15-13-22)36-16-4-6-25(36)21-10-8-20(9-11-21)24-18-33-28(35-24)26-7-5-17-37(26)27(38)19-34-29(39)40-2/h8-15,18,25-26H,3-7,16-17,19H2,1-2H3,(H,33,35)(H,34,39)/t25-,26-/m0/s1. The Kier molecular flexibility index (Phi) is 8.04. The summed E-state index contributed by atoms with van der Waals surface area (Å²) >= 11 is 0. The van der Waals surface area contributed by atoms with Gasteiger partial charge in [0.1, 0.15) is 12.4 Å². The Labute approximate surface area is 232 Å². The molecule has 5 rings (SSSR count). The lowest BCUT2D eigenvalue weighted by atomic mass is 10.0. The van der Waals surface area contributed by atoms with Crippen LogP contribution in [0.5, 0.6) is 0 Å². The molecule has 2 saturated heterocycles. The summed E-state index contributed by atoms with van der Waals surface area (Å²) in [5.41, 5.74) is 4.04. The van der Waals surface area contributed by atoms with Crippen LogP contribution in [-0.4, -0.2) is 53.6 Å². The number of methoxy groups -OCH3 is 1. The van der Waals surface area contributed by atoms with Crippen molar-refractivity contribution in [2.24, 2.45) is 0 Å². The maximum absolute atomic E-state index is 14.1. The second kappa shape index (κ2) is 11.7. The second-order valence-electron chi connectivity index (χ2n) is 10.4. The number of alkyl halides is 2. The predicted octanol–water partition coefficient (Wildman–Crippen LogP) is 5.94. The zero-order valence-corrected chi connectivity index (χ0v) is 22.8. The van der Waals surface area contributed by atoms with Crippen molar-refractivity contribution in [2.45, 2.75) is 57.0 Å². The van der Waals surface area contributed by atoms with E-state index in [0.717, 1.165) is 55.0 Å². The Morgan fingerprint density at radius 3 is 2.45 bits per heavy atom. The van der Waals surface area contributed by atoms with Gasteiger partial charge in [-0.25, -0.2) is 18.6 Å². The van der Waals surface area contributed by atoms with Crippen LogP contribution in [0.2, 0.25) is 0 Å². The SMILES string of the molecule is CCC(F)(F)c1ccc(N2CCC[C@H]2c2ccc(-c3cnc([C@@H]4CCCN4C(=O)CNC(=O)OC)[nH]3)cc2)cc1. The van der Waals surface area contributed by atoms with Gasteiger partial charge < -0.3 is 24.8 Å². The minimum atomic E-state index is -2.81. The zero-order chi connectivity index (χ0) is 28.3. The summed E-state index contributed by atoms with van der Waals surface area (Å²) < 4.78 is 32.7. The van der Waals surface area contributed by atoms with Gasteiger partial charge in [-0.3, -0.25) is 4.79 Å². The molecule has 212 valence electrons. The van der Waals surface area contributed by atoms with Crippen molar-refractivity contribution in [1.29, 1.82) is 0 Å². The molecule has 0 bridgehead atoms. The number of hydrogen-bond acceptors (Lipinski definition) is 5. The molecule has 10 heteroatoms. The molecular weight excluding hydrogens is 516 g/mol. The highest BCUT2D eigenvalue weighted by Crippen LogP contribution is 2.39. The number of likely N-dealkylation sites (tertiary alicyclic amines) is 1. The molecule has 2 amide bonds. The molecule has 3 heterocycles. The fourth-order valence-corrected chi connectivity index (χ4v) is 5.73. The summed E-state index contributed by atoms with van der Waals surface area (Å²) in [7, 11) is 1.26. The highest BCUT2D eigenvalue weighted by atomic mass is 19.3. The number of benzene rings is 2. The number of nitrogens with zero attached hydrogens (tertiary/aromatic N) is 3. The first kappa shape index (κ1) is 27.6. The van der Waals surface area contributed by atoms with E-state index in [1.807, 2.05) is 0 Å². The monoisotopic (exact) mass is 551 g/mol. The topological polar surface area (TPSA) is 90.6 Å². The average molecular weight is 552 g/mol. The number of aromatic amines is 1. The quantitative estimate of drug-likeness (QED) is 0.362. The van der Waals surface area contributed by atoms with E-state index < -0.39 is 12.0 Å². The molecule has 0 saturated carbocycles. The molecular formula is C30H35F2N5O3. The van der Waals surface area contributed by atoms with Gasteiger partial charge >= 0.3 is 6.09 Å². The summed E-state index contributed by atoms with van der Waals surface area (Å²) in [5, 5.41) is 2.45. The van der Waals surface area contributed by atoms with Crippen molar-refractivity contribution in [3.05, 3.63) is 71.7 Å². The number of hydrogen-bond donors (Lipinski definition) is 2. The minimum absolute atomic E-state index is 0.0562. The van der Waals surface area contributed by atoms with Crippen LogP contribution in [0.1, 0.15) is 68.1 Å². The maximum Gasteiger partial charge on any atom is 0.407 e. The van der Waals surface area contributed by atoms with Gasteiger partial charge in [0.05, 0.1) is 31.1 Å². The molecule has 2 N–H and O–H groups in total. The van der Waals surface area contributed by atoms with E-state index in [1.54, 1.807) is 35.4 Å². The van der Waals surface area contributed by atoms with Crippen LogP contribution in [0.4, 0.5) is 19.3 Å². The number of H-pyrrole nitrogens is 1. The van der Waals surface area contributed by atoms with E-state index in [-0.39, 0.29) is 36.5 Å². The highest BCUT2D eigenvalue weighted by molar-refractivity contribution is 5.82. The van der Waals surface area contributed by atoms with Crippen molar-refractivity contribution in [3.63, 3.8) is 0 Å². The van der Waals surface area contributed by atoms with Crippen LogP contribution in [0.25, 0.3) is 11.3 Å². The van der Waals surface area contributed by atoms with E-state index in [1.165, 1.54) is 19.6 Å². The predicted molar refractivity (Wildman–Crippen MR) is 148 cm³/mol. The molecule has 2 atom stereocenters.